The van der Waals surface area contributed by atoms with E-state index in [2.05, 4.69) is 184 Å². The molecule has 0 heterocycles. The van der Waals surface area contributed by atoms with Gasteiger partial charge in [0.1, 0.15) is 0 Å². The molecule has 0 aliphatic heterocycles. The van der Waals surface area contributed by atoms with Gasteiger partial charge in [0.25, 0.3) is 0 Å². The molecule has 278 valence electrons. The van der Waals surface area contributed by atoms with Crippen molar-refractivity contribution in [1.82, 2.24) is 0 Å². The van der Waals surface area contributed by atoms with E-state index in [-0.39, 0.29) is 46.5 Å². The van der Waals surface area contributed by atoms with Crippen molar-refractivity contribution in [2.75, 3.05) is 0 Å². The number of rotatable bonds is 2. The van der Waals surface area contributed by atoms with Crippen LogP contribution in [-0.4, -0.2) is 3.21 Å². The molecule has 0 saturated heterocycles. The normalized spacial score (nSPS) is 12.6. The van der Waals surface area contributed by atoms with Crippen molar-refractivity contribution in [2.24, 2.45) is 0 Å². The van der Waals surface area contributed by atoms with Crippen LogP contribution in [0, 0.1) is 6.07 Å². The fraction of sp³-hybridized carbons (Fsp3) is 0.500. The minimum absolute atomic E-state index is 0. The molecule has 0 unspecified atom stereocenters. The number of hydrogen-bond donors (Lipinski definition) is 0. The number of benzene rings is 3. The second kappa shape index (κ2) is 17.7. The Morgan fingerprint density at radius 1 is 0.647 bits per heavy atom. The van der Waals surface area contributed by atoms with Gasteiger partial charge in [0.05, 0.1) is 0 Å². The Morgan fingerprint density at radius 2 is 1.14 bits per heavy atom. The van der Waals surface area contributed by atoms with Crippen molar-refractivity contribution in [2.45, 2.75) is 158 Å². The molecule has 1 aliphatic rings. The Bertz CT molecular complexity index is 1660. The van der Waals surface area contributed by atoms with Crippen LogP contribution < -0.4 is 24.8 Å². The molecule has 1 aliphatic carbocycles. The van der Waals surface area contributed by atoms with Crippen molar-refractivity contribution >= 4 is 3.21 Å². The van der Waals surface area contributed by atoms with Gasteiger partial charge in [0.2, 0.25) is 0 Å². The maximum absolute atomic E-state index is 3.90. The van der Waals surface area contributed by atoms with E-state index < -0.39 is 0 Å². The zero-order valence-corrected chi connectivity index (χ0v) is 39.0. The predicted octanol–water partition coefficient (Wildman–Crippen LogP) is 7.30. The largest absolute Gasteiger partial charge is 1.00 e. The van der Waals surface area contributed by atoms with Crippen LogP contribution >= 0.6 is 0 Å². The first-order valence-corrected chi connectivity index (χ1v) is 19.6. The Hall–Kier alpha value is -1.66. The molecule has 0 aromatic heterocycles. The van der Waals surface area contributed by atoms with E-state index in [9.17, 15) is 0 Å². The molecule has 4 aromatic rings. The van der Waals surface area contributed by atoms with Gasteiger partial charge < -0.3 is 24.8 Å². The molecule has 0 spiro atoms. The molecule has 3 heteroatoms. The van der Waals surface area contributed by atoms with Crippen molar-refractivity contribution in [3.05, 3.63) is 123 Å². The summed E-state index contributed by atoms with van der Waals surface area (Å²) in [6.45, 7) is 39.1. The smallest absolute Gasteiger partial charge is 1.00 e. The van der Waals surface area contributed by atoms with Gasteiger partial charge in [-0.1, -0.05) is 146 Å². The molecule has 0 radical (unpaired) electrons. The summed E-state index contributed by atoms with van der Waals surface area (Å²) in [7, 11) is 0. The van der Waals surface area contributed by atoms with E-state index in [0.717, 1.165) is 12.8 Å². The average Bonchev–Trinajstić information content (AvgIpc) is 3.60. The molecule has 0 N–H and O–H groups in total. The molecule has 5 rings (SSSR count). The van der Waals surface area contributed by atoms with Gasteiger partial charge in [0.15, 0.2) is 0 Å². The zero-order chi connectivity index (χ0) is 37.3. The first-order chi connectivity index (χ1) is 22.2. The summed E-state index contributed by atoms with van der Waals surface area (Å²) in [5.74, 6) is 0. The summed E-state index contributed by atoms with van der Waals surface area (Å²) in [5.41, 5.74) is 16.5. The number of aryl methyl sites for hydroxylation is 1. The third-order valence-electron chi connectivity index (χ3n) is 9.53. The minimum atomic E-state index is 0. The van der Waals surface area contributed by atoms with Crippen LogP contribution in [0.25, 0.3) is 11.1 Å². The van der Waals surface area contributed by atoms with Gasteiger partial charge in [-0.05, 0) is 39.4 Å². The van der Waals surface area contributed by atoms with E-state index in [1.54, 1.807) is 0 Å². The zero-order valence-electron chi connectivity index (χ0n) is 35.0. The van der Waals surface area contributed by atoms with Crippen LogP contribution in [0.2, 0.25) is 0 Å². The quantitative estimate of drug-likeness (QED) is 0.165. The third kappa shape index (κ3) is 12.4. The Kier molecular flexibility index (Phi) is 16.4. The van der Waals surface area contributed by atoms with E-state index in [1.165, 1.54) is 88.6 Å². The van der Waals surface area contributed by atoms with Crippen molar-refractivity contribution < 1.29 is 49.0 Å². The SMILES string of the molecule is CC(C)(C)c1[c-]c2c(cc1C(C)(C)C)-c1cc(C(C)(C)C)c(C(C)(C)C)cc1C2.CCc1cc(C(C)(C)C)c[cH-]1.C[C](=[Zr+2])c1ccccc1.[Cl-].[Cl-]. The fourth-order valence-corrected chi connectivity index (χ4v) is 6.90. The average molecular weight is 805 g/mol. The second-order valence-electron chi connectivity index (χ2n) is 19.3. The molecule has 4 aromatic carbocycles. The Labute approximate surface area is 341 Å². The fourth-order valence-electron chi connectivity index (χ4n) is 6.49. The van der Waals surface area contributed by atoms with Gasteiger partial charge >= 0.3 is 70.3 Å². The van der Waals surface area contributed by atoms with Crippen molar-refractivity contribution in [3.63, 3.8) is 0 Å². The van der Waals surface area contributed by atoms with Crippen LogP contribution in [0.1, 0.15) is 168 Å². The topological polar surface area (TPSA) is 0 Å². The molecule has 0 amide bonds. The Balaban J connectivity index is 0.000000484. The molecule has 0 bridgehead atoms. The van der Waals surface area contributed by atoms with Crippen LogP contribution in [0.3, 0.4) is 0 Å². The molecule has 51 heavy (non-hydrogen) atoms. The molecule has 0 saturated carbocycles. The van der Waals surface area contributed by atoms with Crippen molar-refractivity contribution in [1.29, 1.82) is 0 Å². The summed E-state index contributed by atoms with van der Waals surface area (Å²) in [6.07, 6.45) is 2.15. The monoisotopic (exact) mass is 802 g/mol. The summed E-state index contributed by atoms with van der Waals surface area (Å²) >= 11 is 1.51. The van der Waals surface area contributed by atoms with E-state index in [1.807, 2.05) is 6.07 Å². The molecule has 0 atom stereocenters. The second-order valence-corrected chi connectivity index (χ2v) is 21.1. The van der Waals surface area contributed by atoms with Crippen LogP contribution in [0.15, 0.2) is 66.7 Å². The summed E-state index contributed by atoms with van der Waals surface area (Å²) in [6, 6.07) is 28.6. The van der Waals surface area contributed by atoms with Gasteiger partial charge in [-0.15, -0.1) is 16.7 Å². The van der Waals surface area contributed by atoms with E-state index >= 15 is 0 Å². The van der Waals surface area contributed by atoms with Gasteiger partial charge in [-0.3, -0.25) is 0 Å². The summed E-state index contributed by atoms with van der Waals surface area (Å²) in [5, 5.41) is 0. The predicted molar refractivity (Wildman–Crippen MR) is 215 cm³/mol. The molecular formula is C48H66Cl2Zr-2. The third-order valence-corrected chi connectivity index (χ3v) is 10.2. The van der Waals surface area contributed by atoms with Gasteiger partial charge in [0, 0.05) is 0 Å². The molecule has 0 nitrogen and oxygen atoms in total. The van der Waals surface area contributed by atoms with Crippen LogP contribution in [0.5, 0.6) is 0 Å². The standard InChI is InChI=1S/C29H41.C11H17.C8H8.2ClH.Zr/c1-26(2,3)22-14-18-13-19-15-23(27(4,5)6)25(29(10,11)12)17-21(19)20(18)16-24(22)28(7,8)9;1-5-9-6-7-10(8-9)11(2,3)4;1-2-8-6-4-3-5-7-8;;;/h14,16-17H,13H2,1-12H3;6-8H,5H2,1-4H3;3-7H,1H3;2*1H;/q2*-1;;;;+2/p-2. The van der Waals surface area contributed by atoms with Gasteiger partial charge in [-0.2, -0.15) is 41.0 Å². The molecular weight excluding hydrogens is 739 g/mol. The number of fused-ring (bicyclic) bond motifs is 3. The summed E-state index contributed by atoms with van der Waals surface area (Å²) < 4.78 is 1.46. The van der Waals surface area contributed by atoms with Crippen molar-refractivity contribution in [3.8, 4) is 11.1 Å². The Morgan fingerprint density at radius 3 is 1.51 bits per heavy atom. The van der Waals surface area contributed by atoms with Crippen LogP contribution in [-0.2, 0) is 64.2 Å². The maximum atomic E-state index is 3.90. The first kappa shape index (κ1) is 47.4. The van der Waals surface area contributed by atoms with E-state index in [4.69, 9.17) is 0 Å². The summed E-state index contributed by atoms with van der Waals surface area (Å²) in [4.78, 5) is 0. The maximum Gasteiger partial charge on any atom is -1.00 e. The minimum Gasteiger partial charge on any atom is -1.00 e. The van der Waals surface area contributed by atoms with E-state index in [0.29, 0.717) is 5.41 Å². The number of halogens is 2. The number of hydrogen-bond acceptors (Lipinski definition) is 0. The van der Waals surface area contributed by atoms with Crippen LogP contribution in [0.4, 0.5) is 0 Å². The van der Waals surface area contributed by atoms with Gasteiger partial charge in [-0.25, -0.2) is 6.07 Å². The molecule has 0 fully saturated rings. The first-order valence-electron chi connectivity index (χ1n) is 18.4.